The molecule has 2 fully saturated rings. The van der Waals surface area contributed by atoms with Crippen LogP contribution in [0.5, 0.6) is 5.75 Å². The Bertz CT molecular complexity index is 884. The van der Waals surface area contributed by atoms with Gasteiger partial charge in [0.2, 0.25) is 5.91 Å². The number of carbonyl (C=O) groups is 3. The van der Waals surface area contributed by atoms with E-state index in [1.807, 2.05) is 0 Å². The van der Waals surface area contributed by atoms with Crippen molar-refractivity contribution in [3.8, 4) is 5.75 Å². The summed E-state index contributed by atoms with van der Waals surface area (Å²) >= 11 is 0. The fourth-order valence-electron chi connectivity index (χ4n) is 3.75. The number of anilines is 2. The second-order valence-electron chi connectivity index (χ2n) is 7.62. The van der Waals surface area contributed by atoms with E-state index >= 15 is 0 Å². The number of rotatable bonds is 10. The molecule has 0 aromatic heterocycles. The summed E-state index contributed by atoms with van der Waals surface area (Å²) in [5, 5.41) is 2.28. The van der Waals surface area contributed by atoms with E-state index in [0.29, 0.717) is 12.8 Å². The lowest BCUT2D eigenvalue weighted by molar-refractivity contribution is -0.136. The van der Waals surface area contributed by atoms with E-state index in [2.05, 4.69) is 10.1 Å². The molecule has 1 aliphatic heterocycles. The summed E-state index contributed by atoms with van der Waals surface area (Å²) in [6, 6.07) is 1.58. The Balaban J connectivity index is 1.86. The average molecular weight is 476 g/mol. The zero-order chi connectivity index (χ0) is 24.1. The zero-order valence-electron chi connectivity index (χ0n) is 17.5. The fourth-order valence-corrected chi connectivity index (χ4v) is 3.75. The van der Waals surface area contributed by atoms with Crippen molar-refractivity contribution in [2.75, 3.05) is 36.5 Å². The molecule has 0 unspecified atom stereocenters. The Hall–Kier alpha value is -2.93. The lowest BCUT2D eigenvalue weighted by Gasteiger charge is -2.40. The van der Waals surface area contributed by atoms with Gasteiger partial charge in [0.15, 0.2) is 11.8 Å². The molecule has 0 spiro atoms. The number of halogens is 4. The molecule has 1 saturated carbocycles. The molecule has 1 atom stereocenters. The van der Waals surface area contributed by atoms with Crippen molar-refractivity contribution in [2.24, 2.45) is 5.73 Å². The molecule has 13 heteroatoms. The number of nitrogens with two attached hydrogens (primary N) is 1. The summed E-state index contributed by atoms with van der Waals surface area (Å²) in [5.74, 6) is -3.06. The Kier molecular flexibility index (Phi) is 8.08. The van der Waals surface area contributed by atoms with Crippen molar-refractivity contribution in [1.29, 1.82) is 0 Å². The van der Waals surface area contributed by atoms with Gasteiger partial charge in [-0.15, -0.1) is 0 Å². The number of primary amides is 1. The highest BCUT2D eigenvalue weighted by atomic mass is 19.3. The largest absolute Gasteiger partial charge is 0.433 e. The average Bonchev–Trinajstić information content (AvgIpc) is 2.67. The van der Waals surface area contributed by atoms with E-state index in [0.717, 1.165) is 17.4 Å². The van der Waals surface area contributed by atoms with Crippen LogP contribution in [0.1, 0.15) is 19.3 Å². The normalized spacial score (nSPS) is 17.9. The lowest BCUT2D eigenvalue weighted by Crippen LogP contribution is -2.58. The molecule has 2 aliphatic rings. The molecule has 1 aliphatic carbocycles. The molecular weight excluding hydrogens is 452 g/mol. The summed E-state index contributed by atoms with van der Waals surface area (Å²) in [4.78, 5) is 39.3. The number of nitrogens with one attached hydrogen (secondary N) is 1. The Morgan fingerprint density at radius 1 is 1.27 bits per heavy atom. The number of morpholine rings is 1. The number of benzene rings is 1. The minimum Gasteiger partial charge on any atom is -0.433 e. The van der Waals surface area contributed by atoms with Gasteiger partial charge in [0.05, 0.1) is 18.8 Å². The van der Waals surface area contributed by atoms with Gasteiger partial charge in [-0.2, -0.15) is 8.78 Å². The minimum absolute atomic E-state index is 0.176. The summed E-state index contributed by atoms with van der Waals surface area (Å²) in [5.41, 5.74) is 5.35. The first-order chi connectivity index (χ1) is 15.7. The van der Waals surface area contributed by atoms with Gasteiger partial charge >= 0.3 is 6.61 Å². The molecule has 182 valence electrons. The maximum Gasteiger partial charge on any atom is 0.387 e. The second kappa shape index (κ2) is 10.8. The summed E-state index contributed by atoms with van der Waals surface area (Å²) < 4.78 is 61.8. The predicted molar refractivity (Wildman–Crippen MR) is 108 cm³/mol. The maximum absolute atomic E-state index is 13.1. The van der Waals surface area contributed by atoms with Gasteiger partial charge < -0.3 is 25.4 Å². The van der Waals surface area contributed by atoms with Gasteiger partial charge in [-0.05, 0) is 25.0 Å². The highest BCUT2D eigenvalue weighted by Crippen LogP contribution is 2.33. The number of hydrogen-bond donors (Lipinski definition) is 2. The number of hydrogen-bond acceptors (Lipinski definition) is 6. The minimum atomic E-state index is -3.26. The van der Waals surface area contributed by atoms with Crippen LogP contribution in [0, 0.1) is 0 Å². The van der Waals surface area contributed by atoms with Gasteiger partial charge in [0.1, 0.15) is 6.61 Å². The highest BCUT2D eigenvalue weighted by molar-refractivity contribution is 6.10. The van der Waals surface area contributed by atoms with E-state index in [9.17, 15) is 31.9 Å². The molecule has 3 N–H and O–H groups in total. The van der Waals surface area contributed by atoms with E-state index in [1.54, 1.807) is 0 Å². The van der Waals surface area contributed by atoms with Crippen LogP contribution < -0.4 is 20.7 Å². The Labute approximate surface area is 186 Å². The van der Waals surface area contributed by atoms with Gasteiger partial charge in [-0.25, -0.2) is 8.78 Å². The van der Waals surface area contributed by atoms with E-state index in [1.165, 1.54) is 17.0 Å². The van der Waals surface area contributed by atoms with E-state index in [4.69, 9.17) is 10.5 Å². The number of alkyl halides is 4. The van der Waals surface area contributed by atoms with E-state index in [-0.39, 0.29) is 31.1 Å². The van der Waals surface area contributed by atoms with Crippen LogP contribution in [0.2, 0.25) is 0 Å². The first-order valence-electron chi connectivity index (χ1n) is 10.3. The molecule has 33 heavy (non-hydrogen) atoms. The SMILES string of the molecule is NC(=O)[C@@H](C(=O)Nc1ccc(N2CCOCC2=O)cc1OC(F)F)N(CC(F)F)C1CCC1. The number of amides is 3. The summed E-state index contributed by atoms with van der Waals surface area (Å²) in [6.45, 7) is -3.84. The van der Waals surface area contributed by atoms with Crippen molar-refractivity contribution < 1.29 is 41.4 Å². The Morgan fingerprint density at radius 2 is 2.00 bits per heavy atom. The topological polar surface area (TPSA) is 114 Å². The van der Waals surface area contributed by atoms with Crippen LogP contribution >= 0.6 is 0 Å². The van der Waals surface area contributed by atoms with Crippen molar-refractivity contribution in [3.63, 3.8) is 0 Å². The molecule has 1 aromatic rings. The molecule has 9 nitrogen and oxygen atoms in total. The molecule has 1 aromatic carbocycles. The molecule has 1 heterocycles. The van der Waals surface area contributed by atoms with Gasteiger partial charge in [0, 0.05) is 24.3 Å². The van der Waals surface area contributed by atoms with Crippen molar-refractivity contribution in [2.45, 2.75) is 44.4 Å². The standard InChI is InChI=1S/C20H24F4N4O5/c21-15(22)9-28(11-2-1-3-11)17(18(25)30)19(31)26-13-5-4-12(8-14(13)33-20(23)24)27-6-7-32-10-16(27)29/h4-5,8,11,15,17,20H,1-3,6-7,9-10H2,(H2,25,30)(H,26,31)/t17-/m0/s1. The van der Waals surface area contributed by atoms with Gasteiger partial charge in [-0.1, -0.05) is 6.42 Å². The first kappa shape index (κ1) is 24.7. The third-order valence-corrected chi connectivity index (χ3v) is 5.48. The van der Waals surface area contributed by atoms with Crippen LogP contribution in [-0.4, -0.2) is 74.0 Å². The summed E-state index contributed by atoms with van der Waals surface area (Å²) in [7, 11) is 0. The fraction of sp³-hybridized carbons (Fsp3) is 0.550. The second-order valence-corrected chi connectivity index (χ2v) is 7.62. The quantitative estimate of drug-likeness (QED) is 0.392. The maximum atomic E-state index is 13.1. The number of ether oxygens (including phenoxy) is 2. The van der Waals surface area contributed by atoms with Gasteiger partial charge in [0.25, 0.3) is 18.2 Å². The predicted octanol–water partition coefficient (Wildman–Crippen LogP) is 1.56. The van der Waals surface area contributed by atoms with Crippen LogP contribution in [0.4, 0.5) is 28.9 Å². The molecule has 3 amide bonds. The van der Waals surface area contributed by atoms with Crippen molar-refractivity contribution in [1.82, 2.24) is 4.90 Å². The number of carbonyl (C=O) groups excluding carboxylic acids is 3. The third-order valence-electron chi connectivity index (χ3n) is 5.48. The molecule has 3 rings (SSSR count). The van der Waals surface area contributed by atoms with E-state index < -0.39 is 55.1 Å². The van der Waals surface area contributed by atoms with Crippen LogP contribution in [0.15, 0.2) is 18.2 Å². The van der Waals surface area contributed by atoms with Crippen molar-refractivity contribution >= 4 is 29.1 Å². The zero-order valence-corrected chi connectivity index (χ0v) is 17.5. The molecule has 0 radical (unpaired) electrons. The molecule has 1 saturated heterocycles. The molecule has 0 bridgehead atoms. The van der Waals surface area contributed by atoms with Crippen molar-refractivity contribution in [3.05, 3.63) is 18.2 Å². The number of nitrogens with zero attached hydrogens (tertiary/aromatic N) is 2. The monoisotopic (exact) mass is 476 g/mol. The van der Waals surface area contributed by atoms with Gasteiger partial charge in [-0.3, -0.25) is 19.3 Å². The first-order valence-corrected chi connectivity index (χ1v) is 10.3. The highest BCUT2D eigenvalue weighted by Gasteiger charge is 2.39. The lowest BCUT2D eigenvalue weighted by atomic mass is 9.90. The van der Waals surface area contributed by atoms with Crippen LogP contribution in [0.25, 0.3) is 0 Å². The summed E-state index contributed by atoms with van der Waals surface area (Å²) in [6.07, 6.45) is -1.02. The molecular formula is C20H24F4N4O5. The van der Waals surface area contributed by atoms with Crippen LogP contribution in [0.3, 0.4) is 0 Å². The smallest absolute Gasteiger partial charge is 0.387 e. The third kappa shape index (κ3) is 6.11. The Morgan fingerprint density at radius 3 is 2.55 bits per heavy atom. The van der Waals surface area contributed by atoms with Crippen LogP contribution in [-0.2, 0) is 19.1 Å².